The number of hydrogen-bond acceptors (Lipinski definition) is 6. The van der Waals surface area contributed by atoms with Gasteiger partial charge in [0.25, 0.3) is 0 Å². The number of benzene rings is 2. The minimum atomic E-state index is 0.247. The van der Waals surface area contributed by atoms with Crippen molar-refractivity contribution in [3.05, 3.63) is 59.0 Å². The summed E-state index contributed by atoms with van der Waals surface area (Å²) in [4.78, 5) is 1.97. The molecule has 0 unspecified atom stereocenters. The lowest BCUT2D eigenvalue weighted by Gasteiger charge is -2.05. The van der Waals surface area contributed by atoms with Gasteiger partial charge in [0, 0.05) is 16.7 Å². The van der Waals surface area contributed by atoms with E-state index in [9.17, 15) is 0 Å². The van der Waals surface area contributed by atoms with Gasteiger partial charge in [0.05, 0.1) is 4.88 Å². The minimum Gasteiger partial charge on any atom is -0.485 e. The minimum absolute atomic E-state index is 0.247. The molecule has 1 aliphatic heterocycles. The van der Waals surface area contributed by atoms with E-state index in [1.165, 1.54) is 0 Å². The molecule has 0 radical (unpaired) electrons. The first-order chi connectivity index (χ1) is 12.8. The number of nitrogens with zero attached hydrogens (tertiary/aromatic N) is 3. The molecule has 0 N–H and O–H groups in total. The molecule has 0 saturated carbocycles. The summed E-state index contributed by atoms with van der Waals surface area (Å²) in [6.07, 6.45) is 2.04. The van der Waals surface area contributed by atoms with E-state index in [1.807, 2.05) is 40.9 Å². The molecule has 4 aromatic rings. The maximum Gasteiger partial charge on any atom is 0.231 e. The van der Waals surface area contributed by atoms with Gasteiger partial charge >= 0.3 is 0 Å². The maximum atomic E-state index is 5.85. The van der Waals surface area contributed by atoms with Crippen molar-refractivity contribution in [1.29, 1.82) is 0 Å². The molecule has 0 aliphatic carbocycles. The summed E-state index contributed by atoms with van der Waals surface area (Å²) in [5.41, 5.74) is 1.14. The van der Waals surface area contributed by atoms with Crippen LogP contribution in [0, 0.1) is 0 Å². The number of ether oxygens (including phenoxy) is 3. The van der Waals surface area contributed by atoms with Crippen molar-refractivity contribution in [3.8, 4) is 27.7 Å². The summed E-state index contributed by atoms with van der Waals surface area (Å²) < 4.78 is 19.6. The fourth-order valence-electron chi connectivity index (χ4n) is 2.71. The van der Waals surface area contributed by atoms with E-state index in [2.05, 4.69) is 38.3 Å². The number of hydrogen-bond donors (Lipinski definition) is 0. The zero-order valence-corrected chi connectivity index (χ0v) is 15.8. The Kier molecular flexibility index (Phi) is 3.79. The molecule has 1 aliphatic rings. The van der Waals surface area contributed by atoms with Crippen LogP contribution in [0.15, 0.2) is 53.1 Å². The van der Waals surface area contributed by atoms with Gasteiger partial charge in [-0.3, -0.25) is 4.40 Å². The Balaban J connectivity index is 1.38. The van der Waals surface area contributed by atoms with E-state index in [-0.39, 0.29) is 6.79 Å². The second-order valence-electron chi connectivity index (χ2n) is 5.67. The summed E-state index contributed by atoms with van der Waals surface area (Å²) >= 11 is 5.06. The molecule has 2 aromatic heterocycles. The Hall–Kier alpha value is -2.58. The molecular formula is C18H12BrN3O3S. The number of rotatable bonds is 4. The molecule has 0 spiro atoms. The van der Waals surface area contributed by atoms with Crippen molar-refractivity contribution in [1.82, 2.24) is 14.6 Å². The summed E-state index contributed by atoms with van der Waals surface area (Å²) in [7, 11) is 0. The number of halogens is 1. The first-order valence-corrected chi connectivity index (χ1v) is 9.49. The van der Waals surface area contributed by atoms with E-state index < -0.39 is 0 Å². The largest absolute Gasteiger partial charge is 0.485 e. The first kappa shape index (κ1) is 15.7. The van der Waals surface area contributed by atoms with Gasteiger partial charge in [-0.2, -0.15) is 0 Å². The smallest absolute Gasteiger partial charge is 0.231 e. The summed E-state index contributed by atoms with van der Waals surface area (Å²) in [5, 5.41) is 8.48. The predicted octanol–water partition coefficient (Wildman–Crippen LogP) is 4.53. The molecule has 5 rings (SSSR count). The van der Waals surface area contributed by atoms with Crippen LogP contribution in [-0.4, -0.2) is 21.4 Å². The van der Waals surface area contributed by atoms with Crippen molar-refractivity contribution in [3.63, 3.8) is 0 Å². The summed E-state index contributed by atoms with van der Waals surface area (Å²) in [6.45, 7) is 0.564. The average Bonchev–Trinajstić information content (AvgIpc) is 3.36. The Labute approximate surface area is 161 Å². The van der Waals surface area contributed by atoms with Gasteiger partial charge in [0.15, 0.2) is 17.3 Å². The fourth-order valence-corrected chi connectivity index (χ4v) is 3.92. The highest BCUT2D eigenvalue weighted by molar-refractivity contribution is 9.10. The van der Waals surface area contributed by atoms with Crippen LogP contribution in [0.2, 0.25) is 0 Å². The Morgan fingerprint density at radius 3 is 2.81 bits per heavy atom. The molecule has 0 saturated heterocycles. The van der Waals surface area contributed by atoms with Crippen LogP contribution in [0.3, 0.4) is 0 Å². The molecule has 6 nitrogen and oxygen atoms in total. The summed E-state index contributed by atoms with van der Waals surface area (Å²) in [6, 6.07) is 13.7. The van der Waals surface area contributed by atoms with Crippen LogP contribution < -0.4 is 14.2 Å². The summed E-state index contributed by atoms with van der Waals surface area (Å²) in [5.74, 6) is 2.88. The Morgan fingerprint density at radius 2 is 1.92 bits per heavy atom. The third-order valence-corrected chi connectivity index (χ3v) is 5.57. The van der Waals surface area contributed by atoms with Crippen LogP contribution in [0.1, 0.15) is 5.82 Å². The lowest BCUT2D eigenvalue weighted by Crippen LogP contribution is -2.00. The Bertz CT molecular complexity index is 1090. The molecule has 2 aromatic carbocycles. The molecule has 0 bridgehead atoms. The standard InChI is InChI=1S/C18H12BrN3O3S/c19-12-3-1-11(2-4-12)16-8-22-17(20-21-18(22)26-16)9-23-13-5-6-14-15(7-13)25-10-24-14/h1-8H,9-10H2. The second kappa shape index (κ2) is 6.30. The molecule has 0 amide bonds. The first-order valence-electron chi connectivity index (χ1n) is 7.88. The van der Waals surface area contributed by atoms with Crippen LogP contribution >= 0.6 is 27.3 Å². The van der Waals surface area contributed by atoms with Crippen LogP contribution in [0.4, 0.5) is 0 Å². The van der Waals surface area contributed by atoms with Crippen LogP contribution in [-0.2, 0) is 6.61 Å². The SMILES string of the molecule is Brc1ccc(-c2cn3c(COc4ccc5c(c4)OCO5)nnc3s2)cc1. The van der Waals surface area contributed by atoms with E-state index in [0.717, 1.165) is 31.4 Å². The average molecular weight is 430 g/mol. The van der Waals surface area contributed by atoms with Gasteiger partial charge in [-0.05, 0) is 29.8 Å². The third-order valence-electron chi connectivity index (χ3n) is 4.02. The van der Waals surface area contributed by atoms with Gasteiger partial charge < -0.3 is 14.2 Å². The van der Waals surface area contributed by atoms with Crippen molar-refractivity contribution < 1.29 is 14.2 Å². The van der Waals surface area contributed by atoms with E-state index in [4.69, 9.17) is 14.2 Å². The number of aromatic nitrogens is 3. The number of fused-ring (bicyclic) bond motifs is 2. The van der Waals surface area contributed by atoms with Crippen LogP contribution in [0.25, 0.3) is 15.4 Å². The van der Waals surface area contributed by atoms with Gasteiger partial charge in [-0.1, -0.05) is 39.4 Å². The highest BCUT2D eigenvalue weighted by Crippen LogP contribution is 2.35. The lowest BCUT2D eigenvalue weighted by atomic mass is 10.2. The second-order valence-corrected chi connectivity index (χ2v) is 7.60. The molecule has 0 fully saturated rings. The monoisotopic (exact) mass is 429 g/mol. The van der Waals surface area contributed by atoms with Gasteiger partial charge in [-0.25, -0.2) is 0 Å². The van der Waals surface area contributed by atoms with Crippen molar-refractivity contribution >= 4 is 32.2 Å². The third kappa shape index (κ3) is 2.81. The van der Waals surface area contributed by atoms with Crippen LogP contribution in [0.5, 0.6) is 17.2 Å². The van der Waals surface area contributed by atoms with E-state index >= 15 is 0 Å². The predicted molar refractivity (Wildman–Crippen MR) is 101 cm³/mol. The Morgan fingerprint density at radius 1 is 1.08 bits per heavy atom. The molecule has 130 valence electrons. The molecule has 3 heterocycles. The number of thiazole rings is 1. The van der Waals surface area contributed by atoms with Gasteiger partial charge in [0.2, 0.25) is 11.8 Å². The maximum absolute atomic E-state index is 5.85. The highest BCUT2D eigenvalue weighted by atomic mass is 79.9. The fraction of sp³-hybridized carbons (Fsp3) is 0.111. The van der Waals surface area contributed by atoms with Gasteiger partial charge in [-0.15, -0.1) is 10.2 Å². The van der Waals surface area contributed by atoms with E-state index in [0.29, 0.717) is 18.1 Å². The zero-order chi connectivity index (χ0) is 17.5. The highest BCUT2D eigenvalue weighted by Gasteiger charge is 2.15. The van der Waals surface area contributed by atoms with E-state index in [1.54, 1.807) is 11.3 Å². The lowest BCUT2D eigenvalue weighted by molar-refractivity contribution is 0.173. The molecule has 8 heteroatoms. The van der Waals surface area contributed by atoms with Crippen molar-refractivity contribution in [2.75, 3.05) is 6.79 Å². The van der Waals surface area contributed by atoms with Gasteiger partial charge in [0.1, 0.15) is 12.4 Å². The normalized spacial score (nSPS) is 12.7. The topological polar surface area (TPSA) is 57.9 Å². The molecule has 26 heavy (non-hydrogen) atoms. The van der Waals surface area contributed by atoms with Crippen molar-refractivity contribution in [2.24, 2.45) is 0 Å². The molecular weight excluding hydrogens is 418 g/mol. The quantitative estimate of drug-likeness (QED) is 0.476. The zero-order valence-electron chi connectivity index (χ0n) is 13.4. The van der Waals surface area contributed by atoms with Crippen molar-refractivity contribution in [2.45, 2.75) is 6.61 Å². The molecule has 0 atom stereocenters.